The van der Waals surface area contributed by atoms with Crippen LogP contribution in [0.1, 0.15) is 37.0 Å². The molecule has 1 aromatic heterocycles. The van der Waals surface area contributed by atoms with Crippen LogP contribution in [0.15, 0.2) is 0 Å². The zero-order valence-electron chi connectivity index (χ0n) is 11.9. The number of carbonyl (C=O) groups excluding carboxylic acids is 1. The number of carbonyl (C=O) groups is 1. The second-order valence-electron chi connectivity index (χ2n) is 4.13. The SMILES string of the molecule is CCCN(CC)CCNC(=O)c1nnc(NCC)s1. The maximum atomic E-state index is 11.8. The molecule has 1 rings (SSSR count). The standard InChI is InChI=1S/C12H23N5OS/c1-4-8-17(6-3)9-7-14-10(18)11-15-16-12(19-11)13-5-2/h4-9H2,1-3H3,(H,13,16)(H,14,18). The Morgan fingerprint density at radius 3 is 2.68 bits per heavy atom. The van der Waals surface area contributed by atoms with E-state index in [2.05, 4.69) is 39.6 Å². The molecule has 0 atom stereocenters. The number of nitrogens with one attached hydrogen (secondary N) is 2. The van der Waals surface area contributed by atoms with Crippen LogP contribution in [0.4, 0.5) is 5.13 Å². The second-order valence-corrected chi connectivity index (χ2v) is 5.11. The summed E-state index contributed by atoms with van der Waals surface area (Å²) in [6, 6.07) is 0. The third-order valence-electron chi connectivity index (χ3n) is 2.65. The zero-order valence-corrected chi connectivity index (χ0v) is 12.7. The molecule has 7 heteroatoms. The first-order valence-corrected chi connectivity index (χ1v) is 7.60. The van der Waals surface area contributed by atoms with E-state index in [9.17, 15) is 4.79 Å². The Labute approximate surface area is 118 Å². The van der Waals surface area contributed by atoms with E-state index in [4.69, 9.17) is 0 Å². The van der Waals surface area contributed by atoms with Gasteiger partial charge in [0.1, 0.15) is 0 Å². The number of rotatable bonds is 9. The van der Waals surface area contributed by atoms with Crippen LogP contribution >= 0.6 is 11.3 Å². The minimum Gasteiger partial charge on any atom is -0.360 e. The number of anilines is 1. The highest BCUT2D eigenvalue weighted by molar-refractivity contribution is 7.17. The number of hydrogen-bond acceptors (Lipinski definition) is 6. The van der Waals surface area contributed by atoms with Crippen molar-refractivity contribution in [2.45, 2.75) is 27.2 Å². The molecule has 0 aliphatic carbocycles. The Hall–Kier alpha value is -1.21. The van der Waals surface area contributed by atoms with Crippen LogP contribution < -0.4 is 10.6 Å². The van der Waals surface area contributed by atoms with Crippen LogP contribution in [0, 0.1) is 0 Å². The van der Waals surface area contributed by atoms with Gasteiger partial charge in [-0.05, 0) is 26.4 Å². The lowest BCUT2D eigenvalue weighted by atomic mass is 10.4. The van der Waals surface area contributed by atoms with Crippen LogP contribution in [0.2, 0.25) is 0 Å². The van der Waals surface area contributed by atoms with Gasteiger partial charge in [0.2, 0.25) is 10.1 Å². The van der Waals surface area contributed by atoms with E-state index in [0.717, 1.165) is 32.6 Å². The Morgan fingerprint density at radius 2 is 2.05 bits per heavy atom. The molecule has 0 unspecified atom stereocenters. The molecule has 2 N–H and O–H groups in total. The van der Waals surface area contributed by atoms with Gasteiger partial charge in [0.25, 0.3) is 5.91 Å². The van der Waals surface area contributed by atoms with E-state index in [-0.39, 0.29) is 5.91 Å². The molecule has 0 saturated heterocycles. The first-order chi connectivity index (χ1) is 9.21. The molecule has 0 aliphatic heterocycles. The Morgan fingerprint density at radius 1 is 1.26 bits per heavy atom. The van der Waals surface area contributed by atoms with Crippen LogP contribution in [-0.4, -0.2) is 53.7 Å². The first-order valence-electron chi connectivity index (χ1n) is 6.79. The van der Waals surface area contributed by atoms with Gasteiger partial charge in [-0.3, -0.25) is 4.79 Å². The van der Waals surface area contributed by atoms with Crippen molar-refractivity contribution in [3.63, 3.8) is 0 Å². The second kappa shape index (κ2) is 8.82. The molecular weight excluding hydrogens is 262 g/mol. The highest BCUT2D eigenvalue weighted by Gasteiger charge is 2.12. The van der Waals surface area contributed by atoms with Crippen molar-refractivity contribution < 1.29 is 4.79 Å². The summed E-state index contributed by atoms with van der Waals surface area (Å²) in [4.78, 5) is 14.2. The summed E-state index contributed by atoms with van der Waals surface area (Å²) in [7, 11) is 0. The highest BCUT2D eigenvalue weighted by Crippen LogP contribution is 2.14. The average molecular weight is 285 g/mol. The number of hydrogen-bond donors (Lipinski definition) is 2. The van der Waals surface area contributed by atoms with Crippen molar-refractivity contribution in [2.75, 3.05) is 38.0 Å². The predicted octanol–water partition coefficient (Wildman–Crippen LogP) is 1.43. The molecule has 6 nitrogen and oxygen atoms in total. The van der Waals surface area contributed by atoms with Crippen molar-refractivity contribution in [3.8, 4) is 0 Å². The lowest BCUT2D eigenvalue weighted by Gasteiger charge is -2.19. The predicted molar refractivity (Wildman–Crippen MR) is 78.8 cm³/mol. The fourth-order valence-corrected chi connectivity index (χ4v) is 2.41. The molecule has 1 aromatic rings. The summed E-state index contributed by atoms with van der Waals surface area (Å²) in [5.74, 6) is -0.144. The van der Waals surface area contributed by atoms with E-state index in [1.54, 1.807) is 0 Å². The molecule has 0 fully saturated rings. The Kier molecular flexibility index (Phi) is 7.35. The fraction of sp³-hybridized carbons (Fsp3) is 0.750. The summed E-state index contributed by atoms with van der Waals surface area (Å²) in [6.45, 7) is 10.6. The number of nitrogens with zero attached hydrogens (tertiary/aromatic N) is 3. The molecule has 1 amide bonds. The van der Waals surface area contributed by atoms with E-state index in [1.165, 1.54) is 11.3 Å². The summed E-state index contributed by atoms with van der Waals surface area (Å²) in [6.07, 6.45) is 1.13. The molecule has 0 radical (unpaired) electrons. The molecule has 0 bridgehead atoms. The zero-order chi connectivity index (χ0) is 14.1. The molecule has 0 saturated carbocycles. The van der Waals surface area contributed by atoms with Gasteiger partial charge in [0, 0.05) is 19.6 Å². The van der Waals surface area contributed by atoms with E-state index < -0.39 is 0 Å². The summed E-state index contributed by atoms with van der Waals surface area (Å²) < 4.78 is 0. The molecular formula is C12H23N5OS. The maximum Gasteiger partial charge on any atom is 0.282 e. The average Bonchev–Trinajstić information content (AvgIpc) is 2.86. The normalized spacial score (nSPS) is 10.7. The van der Waals surface area contributed by atoms with Crippen molar-refractivity contribution in [2.24, 2.45) is 0 Å². The molecule has 1 heterocycles. The van der Waals surface area contributed by atoms with Crippen molar-refractivity contribution in [1.82, 2.24) is 20.4 Å². The van der Waals surface area contributed by atoms with Crippen molar-refractivity contribution >= 4 is 22.4 Å². The smallest absolute Gasteiger partial charge is 0.282 e. The van der Waals surface area contributed by atoms with Crippen LogP contribution in [0.3, 0.4) is 0 Å². The van der Waals surface area contributed by atoms with Crippen molar-refractivity contribution in [1.29, 1.82) is 0 Å². The minimum absolute atomic E-state index is 0.144. The third kappa shape index (κ3) is 5.52. The molecule has 0 aliphatic rings. The van der Waals surface area contributed by atoms with E-state index in [1.807, 2.05) is 6.92 Å². The summed E-state index contributed by atoms with van der Waals surface area (Å²) in [5.41, 5.74) is 0. The number of likely N-dealkylation sites (N-methyl/N-ethyl adjacent to an activating group) is 1. The van der Waals surface area contributed by atoms with Crippen LogP contribution in [0.25, 0.3) is 0 Å². The first kappa shape index (κ1) is 15.8. The lowest BCUT2D eigenvalue weighted by Crippen LogP contribution is -2.35. The largest absolute Gasteiger partial charge is 0.360 e. The van der Waals surface area contributed by atoms with Gasteiger partial charge in [-0.25, -0.2) is 0 Å². The van der Waals surface area contributed by atoms with Gasteiger partial charge in [0.05, 0.1) is 0 Å². The summed E-state index contributed by atoms with van der Waals surface area (Å²) >= 11 is 1.28. The summed E-state index contributed by atoms with van der Waals surface area (Å²) in [5, 5.41) is 14.8. The fourth-order valence-electron chi connectivity index (χ4n) is 1.69. The molecule has 0 spiro atoms. The van der Waals surface area contributed by atoms with Gasteiger partial charge in [-0.2, -0.15) is 0 Å². The highest BCUT2D eigenvalue weighted by atomic mass is 32.1. The van der Waals surface area contributed by atoms with Crippen molar-refractivity contribution in [3.05, 3.63) is 5.01 Å². The molecule has 108 valence electrons. The van der Waals surface area contributed by atoms with Gasteiger partial charge >= 0.3 is 0 Å². The van der Waals surface area contributed by atoms with Gasteiger partial charge < -0.3 is 15.5 Å². The van der Waals surface area contributed by atoms with Gasteiger partial charge in [-0.1, -0.05) is 25.2 Å². The van der Waals surface area contributed by atoms with Crippen LogP contribution in [-0.2, 0) is 0 Å². The van der Waals surface area contributed by atoms with E-state index >= 15 is 0 Å². The van der Waals surface area contributed by atoms with Crippen LogP contribution in [0.5, 0.6) is 0 Å². The van der Waals surface area contributed by atoms with Gasteiger partial charge in [-0.15, -0.1) is 10.2 Å². The monoisotopic (exact) mass is 285 g/mol. The quantitative estimate of drug-likeness (QED) is 0.718. The number of amides is 1. The lowest BCUT2D eigenvalue weighted by molar-refractivity contribution is 0.0947. The van der Waals surface area contributed by atoms with Gasteiger partial charge in [0.15, 0.2) is 0 Å². The number of aromatic nitrogens is 2. The van der Waals surface area contributed by atoms with E-state index in [0.29, 0.717) is 16.7 Å². The molecule has 0 aromatic carbocycles. The Bertz CT molecular complexity index is 382. The third-order valence-corrected chi connectivity index (χ3v) is 3.53. The Balaban J connectivity index is 2.33. The molecule has 19 heavy (non-hydrogen) atoms. The maximum absolute atomic E-state index is 11.8. The minimum atomic E-state index is -0.144. The topological polar surface area (TPSA) is 70.2 Å².